The smallest absolute Gasteiger partial charge is 0.355 e. The summed E-state index contributed by atoms with van der Waals surface area (Å²) in [5, 5.41) is 10.5. The Balaban J connectivity index is 2.58. The van der Waals surface area contributed by atoms with E-state index in [0.29, 0.717) is 21.8 Å². The zero-order valence-corrected chi connectivity index (χ0v) is 9.49. The van der Waals surface area contributed by atoms with Crippen LogP contribution in [-0.2, 0) is 0 Å². The van der Waals surface area contributed by atoms with Crippen molar-refractivity contribution in [3.8, 4) is 0 Å². The lowest BCUT2D eigenvalue weighted by Crippen LogP contribution is -2.02. The van der Waals surface area contributed by atoms with Crippen LogP contribution in [0, 0.1) is 12.7 Å². The van der Waals surface area contributed by atoms with Crippen molar-refractivity contribution >= 4 is 27.8 Å². The summed E-state index contributed by atoms with van der Waals surface area (Å²) in [6.45, 7) is 1.81. The fourth-order valence-electron chi connectivity index (χ4n) is 2.18. The summed E-state index contributed by atoms with van der Waals surface area (Å²) < 4.78 is 13.2. The fraction of sp³-hybridized carbons (Fsp3) is 0.0769. The second-order valence-corrected chi connectivity index (χ2v) is 4.15. The number of carboxylic acid groups (broad SMARTS) is 1. The molecule has 3 aromatic rings. The van der Waals surface area contributed by atoms with Crippen LogP contribution in [0.25, 0.3) is 21.8 Å². The summed E-state index contributed by atoms with van der Waals surface area (Å²) in [5.41, 5.74) is 1.76. The molecule has 0 saturated carbocycles. The van der Waals surface area contributed by atoms with Gasteiger partial charge in [-0.25, -0.2) is 14.2 Å². The number of H-pyrrole nitrogens is 1. The number of nitrogens with one attached hydrogen (secondary N) is 1. The van der Waals surface area contributed by atoms with Crippen molar-refractivity contribution < 1.29 is 14.3 Å². The topological polar surface area (TPSA) is 66.0 Å². The Morgan fingerprint density at radius 3 is 2.94 bits per heavy atom. The quantitative estimate of drug-likeness (QED) is 0.691. The number of aromatic carboxylic acids is 1. The first-order valence-electron chi connectivity index (χ1n) is 5.38. The molecular formula is C13H9FN2O2. The highest BCUT2D eigenvalue weighted by atomic mass is 19.1. The molecule has 1 aromatic carbocycles. The SMILES string of the molecule is Cc1c[nH]c2c1c(C(=O)O)nc1cc(F)ccc12. The number of nitrogens with zero attached hydrogens (tertiary/aromatic N) is 1. The number of aromatic amines is 1. The van der Waals surface area contributed by atoms with Crippen molar-refractivity contribution in [2.75, 3.05) is 0 Å². The molecule has 2 heterocycles. The van der Waals surface area contributed by atoms with Crippen molar-refractivity contribution in [3.63, 3.8) is 0 Å². The van der Waals surface area contributed by atoms with Gasteiger partial charge < -0.3 is 10.1 Å². The lowest BCUT2D eigenvalue weighted by Gasteiger charge is -2.04. The number of aromatic nitrogens is 2. The summed E-state index contributed by atoms with van der Waals surface area (Å²) in [4.78, 5) is 18.3. The molecule has 0 amide bonds. The molecule has 90 valence electrons. The number of hydrogen-bond donors (Lipinski definition) is 2. The largest absolute Gasteiger partial charge is 0.476 e. The normalized spacial score (nSPS) is 11.2. The first-order valence-corrected chi connectivity index (χ1v) is 5.38. The fourth-order valence-corrected chi connectivity index (χ4v) is 2.18. The molecule has 0 spiro atoms. The number of fused-ring (bicyclic) bond motifs is 3. The first kappa shape index (κ1) is 10.7. The molecule has 0 bridgehead atoms. The van der Waals surface area contributed by atoms with Gasteiger partial charge in [0, 0.05) is 23.0 Å². The number of rotatable bonds is 1. The van der Waals surface area contributed by atoms with Crippen molar-refractivity contribution in [2.45, 2.75) is 6.92 Å². The molecule has 0 atom stereocenters. The van der Waals surface area contributed by atoms with E-state index >= 15 is 0 Å². The minimum atomic E-state index is -1.12. The Morgan fingerprint density at radius 1 is 1.44 bits per heavy atom. The van der Waals surface area contributed by atoms with E-state index in [9.17, 15) is 14.3 Å². The summed E-state index contributed by atoms with van der Waals surface area (Å²) in [6, 6.07) is 4.17. The Labute approximate surface area is 101 Å². The highest BCUT2D eigenvalue weighted by Crippen LogP contribution is 2.28. The first-order chi connectivity index (χ1) is 8.58. The molecule has 0 aliphatic rings. The number of carboxylic acids is 1. The molecule has 0 unspecified atom stereocenters. The van der Waals surface area contributed by atoms with Crippen LogP contribution in [0.4, 0.5) is 4.39 Å². The predicted molar refractivity (Wildman–Crippen MR) is 65.3 cm³/mol. The monoisotopic (exact) mass is 244 g/mol. The number of aryl methyl sites for hydroxylation is 1. The Morgan fingerprint density at radius 2 is 2.22 bits per heavy atom. The van der Waals surface area contributed by atoms with Gasteiger partial charge in [0.15, 0.2) is 5.69 Å². The maximum absolute atomic E-state index is 13.2. The highest BCUT2D eigenvalue weighted by Gasteiger charge is 2.17. The van der Waals surface area contributed by atoms with E-state index in [4.69, 9.17) is 0 Å². The maximum atomic E-state index is 13.2. The van der Waals surface area contributed by atoms with Crippen LogP contribution in [0.1, 0.15) is 16.1 Å². The molecule has 0 aliphatic carbocycles. The lowest BCUT2D eigenvalue weighted by atomic mass is 10.1. The summed E-state index contributed by atoms with van der Waals surface area (Å²) in [5.74, 6) is -1.55. The molecular weight excluding hydrogens is 235 g/mol. The van der Waals surface area contributed by atoms with Crippen LogP contribution in [0.5, 0.6) is 0 Å². The van der Waals surface area contributed by atoms with E-state index in [1.54, 1.807) is 12.3 Å². The number of halogens is 1. The highest BCUT2D eigenvalue weighted by molar-refractivity contribution is 6.12. The van der Waals surface area contributed by atoms with Gasteiger partial charge in [-0.3, -0.25) is 0 Å². The molecule has 0 saturated heterocycles. The van der Waals surface area contributed by atoms with E-state index in [1.807, 2.05) is 6.92 Å². The van der Waals surface area contributed by atoms with Crippen LogP contribution < -0.4 is 0 Å². The van der Waals surface area contributed by atoms with Crippen molar-refractivity contribution in [1.29, 1.82) is 0 Å². The second-order valence-electron chi connectivity index (χ2n) is 4.15. The number of pyridine rings is 1. The van der Waals surface area contributed by atoms with Crippen LogP contribution in [0.2, 0.25) is 0 Å². The molecule has 4 nitrogen and oxygen atoms in total. The van der Waals surface area contributed by atoms with E-state index in [-0.39, 0.29) is 5.69 Å². The van der Waals surface area contributed by atoms with E-state index < -0.39 is 11.8 Å². The van der Waals surface area contributed by atoms with E-state index in [1.165, 1.54) is 12.1 Å². The Hall–Kier alpha value is -2.43. The average molecular weight is 244 g/mol. The third-order valence-corrected chi connectivity index (χ3v) is 2.98. The van der Waals surface area contributed by atoms with Crippen LogP contribution in [0.3, 0.4) is 0 Å². The zero-order chi connectivity index (χ0) is 12.9. The van der Waals surface area contributed by atoms with E-state index in [2.05, 4.69) is 9.97 Å². The second kappa shape index (κ2) is 3.53. The summed E-state index contributed by atoms with van der Waals surface area (Å²) >= 11 is 0. The van der Waals surface area contributed by atoms with Gasteiger partial charge in [-0.2, -0.15) is 0 Å². The molecule has 0 radical (unpaired) electrons. The molecule has 2 aromatic heterocycles. The number of benzene rings is 1. The molecule has 3 rings (SSSR count). The zero-order valence-electron chi connectivity index (χ0n) is 9.49. The molecule has 5 heteroatoms. The van der Waals surface area contributed by atoms with Gasteiger partial charge in [0.25, 0.3) is 0 Å². The van der Waals surface area contributed by atoms with Gasteiger partial charge in [0.1, 0.15) is 5.82 Å². The molecule has 18 heavy (non-hydrogen) atoms. The van der Waals surface area contributed by atoms with Gasteiger partial charge in [-0.05, 0) is 24.6 Å². The number of carbonyl (C=O) groups is 1. The Kier molecular flexibility index (Phi) is 2.10. The third kappa shape index (κ3) is 1.37. The number of hydrogen-bond acceptors (Lipinski definition) is 2. The molecule has 2 N–H and O–H groups in total. The van der Waals surface area contributed by atoms with E-state index in [0.717, 1.165) is 5.56 Å². The van der Waals surface area contributed by atoms with Gasteiger partial charge in [-0.1, -0.05) is 0 Å². The van der Waals surface area contributed by atoms with Crippen molar-refractivity contribution in [2.24, 2.45) is 0 Å². The van der Waals surface area contributed by atoms with Crippen molar-refractivity contribution in [3.05, 3.63) is 41.5 Å². The maximum Gasteiger partial charge on any atom is 0.355 e. The predicted octanol–water partition coefficient (Wildman–Crippen LogP) is 2.86. The summed E-state index contributed by atoms with van der Waals surface area (Å²) in [7, 11) is 0. The minimum Gasteiger partial charge on any atom is -0.476 e. The Bertz CT molecular complexity index is 792. The minimum absolute atomic E-state index is 0.0538. The average Bonchev–Trinajstić information content (AvgIpc) is 2.70. The van der Waals surface area contributed by atoms with Crippen molar-refractivity contribution in [1.82, 2.24) is 9.97 Å². The van der Waals surface area contributed by atoms with Crippen LogP contribution in [0.15, 0.2) is 24.4 Å². The third-order valence-electron chi connectivity index (χ3n) is 2.98. The molecule has 0 fully saturated rings. The van der Waals surface area contributed by atoms with Crippen LogP contribution >= 0.6 is 0 Å². The van der Waals surface area contributed by atoms with Gasteiger partial charge in [0.05, 0.1) is 11.0 Å². The lowest BCUT2D eigenvalue weighted by molar-refractivity contribution is 0.0693. The van der Waals surface area contributed by atoms with Gasteiger partial charge >= 0.3 is 5.97 Å². The standard InChI is InChI=1S/C13H9FN2O2/c1-6-5-15-11-8-3-2-7(14)4-9(8)16-12(10(6)11)13(17)18/h2-5,15H,1H3,(H,17,18). The van der Waals surface area contributed by atoms with Crippen LogP contribution in [-0.4, -0.2) is 21.0 Å². The summed E-state index contributed by atoms with van der Waals surface area (Å²) in [6.07, 6.45) is 1.72. The molecule has 0 aliphatic heterocycles. The van der Waals surface area contributed by atoms with Gasteiger partial charge in [-0.15, -0.1) is 0 Å². The van der Waals surface area contributed by atoms with Gasteiger partial charge in [0.2, 0.25) is 0 Å².